The number of nitrogens with zero attached hydrogens (tertiary/aromatic N) is 2. The van der Waals surface area contributed by atoms with E-state index in [1.165, 1.54) is 23.7 Å². The minimum absolute atomic E-state index is 0.167. The van der Waals surface area contributed by atoms with E-state index in [1.807, 2.05) is 17.5 Å². The van der Waals surface area contributed by atoms with Crippen LogP contribution in [0.15, 0.2) is 29.9 Å². The van der Waals surface area contributed by atoms with Crippen molar-refractivity contribution in [1.29, 1.82) is 0 Å². The van der Waals surface area contributed by atoms with Crippen LogP contribution in [0.25, 0.3) is 10.6 Å². The second-order valence-electron chi connectivity index (χ2n) is 3.23. The minimum Gasteiger partial charge on any atom is -0.361 e. The Balaban J connectivity index is 2.12. The Hall–Kier alpha value is -1.63. The lowest BCUT2D eigenvalue weighted by Crippen LogP contribution is -2.21. The van der Waals surface area contributed by atoms with Gasteiger partial charge in [0.1, 0.15) is 18.7 Å². The van der Waals surface area contributed by atoms with Crippen molar-refractivity contribution in [3.8, 4) is 10.6 Å². The topological polar surface area (TPSA) is 37.8 Å². The summed E-state index contributed by atoms with van der Waals surface area (Å²) < 4.78 is 36.0. The second kappa shape index (κ2) is 4.70. The van der Waals surface area contributed by atoms with Gasteiger partial charge in [-0.15, -0.1) is 11.3 Å². The predicted molar refractivity (Wildman–Crippen MR) is 59.9 cm³/mol. The van der Waals surface area contributed by atoms with Gasteiger partial charge in [-0.1, -0.05) is 6.07 Å². The van der Waals surface area contributed by atoms with Crippen LogP contribution >= 0.6 is 11.3 Å². The van der Waals surface area contributed by atoms with Gasteiger partial charge in [0.25, 0.3) is 0 Å². The van der Waals surface area contributed by atoms with Gasteiger partial charge < -0.3 is 5.32 Å². The fourth-order valence-corrected chi connectivity index (χ4v) is 1.90. The van der Waals surface area contributed by atoms with Crippen molar-refractivity contribution >= 4 is 17.2 Å². The van der Waals surface area contributed by atoms with Crippen LogP contribution < -0.4 is 5.32 Å². The summed E-state index contributed by atoms with van der Waals surface area (Å²) in [5.74, 6) is 0.167. The number of halogens is 3. The van der Waals surface area contributed by atoms with Gasteiger partial charge in [-0.3, -0.25) is 0 Å². The molecule has 0 aliphatic heterocycles. The van der Waals surface area contributed by atoms with E-state index in [0.29, 0.717) is 5.69 Å². The summed E-state index contributed by atoms with van der Waals surface area (Å²) in [6.07, 6.45) is -3.01. The van der Waals surface area contributed by atoms with Crippen molar-refractivity contribution in [3.63, 3.8) is 0 Å². The van der Waals surface area contributed by atoms with E-state index in [-0.39, 0.29) is 5.82 Å². The smallest absolute Gasteiger partial charge is 0.361 e. The first-order chi connectivity index (χ1) is 8.04. The zero-order chi connectivity index (χ0) is 12.3. The molecule has 3 nitrogen and oxygen atoms in total. The monoisotopic (exact) mass is 259 g/mol. The van der Waals surface area contributed by atoms with Crippen LogP contribution in [0.2, 0.25) is 0 Å². The molecule has 0 aromatic carbocycles. The molecule has 0 unspecified atom stereocenters. The minimum atomic E-state index is -4.26. The Bertz CT molecular complexity index is 482. The van der Waals surface area contributed by atoms with Gasteiger partial charge in [0, 0.05) is 6.07 Å². The van der Waals surface area contributed by atoms with Crippen molar-refractivity contribution in [1.82, 2.24) is 9.97 Å². The molecule has 7 heteroatoms. The fourth-order valence-electron chi connectivity index (χ4n) is 1.20. The van der Waals surface area contributed by atoms with Crippen molar-refractivity contribution in [3.05, 3.63) is 29.9 Å². The third-order valence-electron chi connectivity index (χ3n) is 1.91. The summed E-state index contributed by atoms with van der Waals surface area (Å²) in [6, 6.07) is 5.20. The third kappa shape index (κ3) is 3.42. The number of aromatic nitrogens is 2. The lowest BCUT2D eigenvalue weighted by Gasteiger charge is -2.08. The van der Waals surface area contributed by atoms with E-state index in [2.05, 4.69) is 15.3 Å². The molecule has 2 heterocycles. The van der Waals surface area contributed by atoms with Crippen LogP contribution in [0, 0.1) is 0 Å². The molecule has 0 aliphatic rings. The van der Waals surface area contributed by atoms with Crippen LogP contribution in [0.4, 0.5) is 19.0 Å². The number of hydrogen-bond acceptors (Lipinski definition) is 4. The normalized spacial score (nSPS) is 11.5. The molecule has 90 valence electrons. The highest BCUT2D eigenvalue weighted by atomic mass is 32.1. The Morgan fingerprint density at radius 3 is 2.76 bits per heavy atom. The first-order valence-corrected chi connectivity index (χ1v) is 5.59. The van der Waals surface area contributed by atoms with E-state index >= 15 is 0 Å². The van der Waals surface area contributed by atoms with E-state index in [0.717, 1.165) is 4.88 Å². The van der Waals surface area contributed by atoms with Crippen LogP contribution in [0.5, 0.6) is 0 Å². The molecule has 0 bridgehead atoms. The molecule has 0 radical (unpaired) electrons. The summed E-state index contributed by atoms with van der Waals surface area (Å²) in [7, 11) is 0. The van der Waals surface area contributed by atoms with Gasteiger partial charge in [0.05, 0.1) is 10.6 Å². The van der Waals surface area contributed by atoms with E-state index in [1.54, 1.807) is 0 Å². The number of nitrogens with one attached hydrogen (secondary N) is 1. The first-order valence-electron chi connectivity index (χ1n) is 4.71. The van der Waals surface area contributed by atoms with Gasteiger partial charge in [0.2, 0.25) is 0 Å². The standard InChI is InChI=1S/C10H8F3N3S/c11-10(12,13)5-14-9-4-7(15-6-16-9)8-2-1-3-17-8/h1-4,6H,5H2,(H,14,15,16). The summed E-state index contributed by atoms with van der Waals surface area (Å²) in [5, 5.41) is 4.09. The molecule has 0 saturated carbocycles. The van der Waals surface area contributed by atoms with Gasteiger partial charge >= 0.3 is 6.18 Å². The van der Waals surface area contributed by atoms with Crippen LogP contribution in [-0.4, -0.2) is 22.7 Å². The van der Waals surface area contributed by atoms with Crippen molar-refractivity contribution in [2.24, 2.45) is 0 Å². The number of hydrogen-bond donors (Lipinski definition) is 1. The van der Waals surface area contributed by atoms with Gasteiger partial charge in [0.15, 0.2) is 0 Å². The van der Waals surface area contributed by atoms with Gasteiger partial charge in [-0.05, 0) is 11.4 Å². The molecule has 0 amide bonds. The number of anilines is 1. The molecular weight excluding hydrogens is 251 g/mol. The highest BCUT2D eigenvalue weighted by Crippen LogP contribution is 2.24. The maximum absolute atomic E-state index is 12.0. The Morgan fingerprint density at radius 1 is 1.29 bits per heavy atom. The molecule has 0 saturated heterocycles. The largest absolute Gasteiger partial charge is 0.405 e. The van der Waals surface area contributed by atoms with E-state index in [4.69, 9.17) is 0 Å². The predicted octanol–water partition coefficient (Wildman–Crippen LogP) is 3.18. The zero-order valence-corrected chi connectivity index (χ0v) is 9.35. The SMILES string of the molecule is FC(F)(F)CNc1cc(-c2cccs2)ncn1. The molecule has 0 atom stereocenters. The summed E-state index contributed by atoms with van der Waals surface area (Å²) >= 11 is 1.47. The molecule has 0 spiro atoms. The summed E-state index contributed by atoms with van der Waals surface area (Å²) in [5.41, 5.74) is 0.611. The molecule has 2 aromatic heterocycles. The number of thiophene rings is 1. The Morgan fingerprint density at radius 2 is 2.12 bits per heavy atom. The zero-order valence-electron chi connectivity index (χ0n) is 8.53. The summed E-state index contributed by atoms with van der Waals surface area (Å²) in [4.78, 5) is 8.63. The highest BCUT2D eigenvalue weighted by molar-refractivity contribution is 7.13. The lowest BCUT2D eigenvalue weighted by atomic mass is 10.3. The number of rotatable bonds is 3. The first kappa shape index (κ1) is 11.8. The van der Waals surface area contributed by atoms with E-state index < -0.39 is 12.7 Å². The van der Waals surface area contributed by atoms with Crippen LogP contribution in [0.3, 0.4) is 0 Å². The van der Waals surface area contributed by atoms with Crippen LogP contribution in [0.1, 0.15) is 0 Å². The van der Waals surface area contributed by atoms with Crippen molar-refractivity contribution in [2.45, 2.75) is 6.18 Å². The van der Waals surface area contributed by atoms with Gasteiger partial charge in [-0.25, -0.2) is 9.97 Å². The quantitative estimate of drug-likeness (QED) is 0.920. The molecule has 17 heavy (non-hydrogen) atoms. The Labute approximate surface area is 99.3 Å². The molecule has 2 aromatic rings. The van der Waals surface area contributed by atoms with E-state index in [9.17, 15) is 13.2 Å². The van der Waals surface area contributed by atoms with Gasteiger partial charge in [-0.2, -0.15) is 13.2 Å². The maximum atomic E-state index is 12.0. The molecule has 0 aliphatic carbocycles. The van der Waals surface area contributed by atoms with Crippen LogP contribution in [-0.2, 0) is 0 Å². The molecule has 2 rings (SSSR count). The second-order valence-corrected chi connectivity index (χ2v) is 4.18. The van der Waals surface area contributed by atoms with Crippen molar-refractivity contribution in [2.75, 3.05) is 11.9 Å². The molecular formula is C10H8F3N3S. The summed E-state index contributed by atoms with van der Waals surface area (Å²) in [6.45, 7) is -1.10. The maximum Gasteiger partial charge on any atom is 0.405 e. The highest BCUT2D eigenvalue weighted by Gasteiger charge is 2.26. The third-order valence-corrected chi connectivity index (χ3v) is 2.80. The average Bonchev–Trinajstić information content (AvgIpc) is 2.79. The fraction of sp³-hybridized carbons (Fsp3) is 0.200. The van der Waals surface area contributed by atoms with Crippen molar-refractivity contribution < 1.29 is 13.2 Å². The Kier molecular flexibility index (Phi) is 3.28. The molecule has 1 N–H and O–H groups in total. The number of alkyl halides is 3. The molecule has 0 fully saturated rings. The lowest BCUT2D eigenvalue weighted by molar-refractivity contribution is -0.115. The average molecular weight is 259 g/mol.